The van der Waals surface area contributed by atoms with Crippen molar-refractivity contribution in [3.8, 4) is 0 Å². The van der Waals surface area contributed by atoms with Crippen LogP contribution in [-0.2, 0) is 19.1 Å². The molecule has 0 saturated carbocycles. The summed E-state index contributed by atoms with van der Waals surface area (Å²) in [5, 5.41) is 0. The van der Waals surface area contributed by atoms with Crippen molar-refractivity contribution in [1.82, 2.24) is 0 Å². The summed E-state index contributed by atoms with van der Waals surface area (Å²) >= 11 is 0. The first-order valence-corrected chi connectivity index (χ1v) is 7.78. The van der Waals surface area contributed by atoms with E-state index in [1.165, 1.54) is 0 Å². The lowest BCUT2D eigenvalue weighted by Gasteiger charge is -2.24. The molecule has 0 aromatic carbocycles. The maximum absolute atomic E-state index is 12.2. The number of allylic oxidation sites excluding steroid dienone is 4. The SMILES string of the molecule is CCC/C=C/CC1=CCC(C(=O)OCC)(C(=O)OCC)C1. The molecule has 118 valence electrons. The molecule has 0 saturated heterocycles. The van der Waals surface area contributed by atoms with Gasteiger partial charge in [0.2, 0.25) is 0 Å². The highest BCUT2D eigenvalue weighted by Crippen LogP contribution is 2.41. The Kier molecular flexibility index (Phi) is 7.20. The third-order valence-electron chi connectivity index (χ3n) is 3.60. The molecular weight excluding hydrogens is 268 g/mol. The van der Waals surface area contributed by atoms with Gasteiger partial charge >= 0.3 is 11.9 Å². The molecule has 0 spiro atoms. The van der Waals surface area contributed by atoms with Crippen LogP contribution in [0.4, 0.5) is 0 Å². The van der Waals surface area contributed by atoms with Crippen LogP contribution < -0.4 is 0 Å². The number of ether oxygens (including phenoxy) is 2. The lowest BCUT2D eigenvalue weighted by atomic mass is 9.84. The van der Waals surface area contributed by atoms with Crippen molar-refractivity contribution >= 4 is 11.9 Å². The van der Waals surface area contributed by atoms with E-state index in [9.17, 15) is 9.59 Å². The van der Waals surface area contributed by atoms with Crippen LogP contribution in [0.15, 0.2) is 23.8 Å². The monoisotopic (exact) mass is 294 g/mol. The van der Waals surface area contributed by atoms with Crippen LogP contribution in [0, 0.1) is 5.41 Å². The molecule has 0 amide bonds. The highest BCUT2D eigenvalue weighted by molar-refractivity contribution is 6.01. The summed E-state index contributed by atoms with van der Waals surface area (Å²) in [5.41, 5.74) is -0.0663. The molecule has 0 radical (unpaired) electrons. The van der Waals surface area contributed by atoms with Crippen LogP contribution in [0.2, 0.25) is 0 Å². The van der Waals surface area contributed by atoms with E-state index in [1.807, 2.05) is 6.08 Å². The minimum atomic E-state index is -1.17. The van der Waals surface area contributed by atoms with Gasteiger partial charge in [0.05, 0.1) is 13.2 Å². The van der Waals surface area contributed by atoms with Gasteiger partial charge in [0, 0.05) is 0 Å². The molecule has 1 aliphatic rings. The molecule has 0 atom stereocenters. The molecule has 0 unspecified atom stereocenters. The minimum Gasteiger partial charge on any atom is -0.465 e. The smallest absolute Gasteiger partial charge is 0.324 e. The fourth-order valence-corrected chi connectivity index (χ4v) is 2.46. The van der Waals surface area contributed by atoms with Gasteiger partial charge in [0.25, 0.3) is 0 Å². The van der Waals surface area contributed by atoms with Gasteiger partial charge in [-0.2, -0.15) is 0 Å². The molecule has 4 heteroatoms. The normalized spacial score (nSPS) is 16.8. The van der Waals surface area contributed by atoms with Crippen LogP contribution in [0.1, 0.15) is 52.9 Å². The molecule has 0 N–H and O–H groups in total. The first-order valence-electron chi connectivity index (χ1n) is 7.78. The van der Waals surface area contributed by atoms with Crippen LogP contribution in [0.5, 0.6) is 0 Å². The van der Waals surface area contributed by atoms with Gasteiger partial charge in [-0.1, -0.05) is 37.1 Å². The van der Waals surface area contributed by atoms with Crippen molar-refractivity contribution < 1.29 is 19.1 Å². The highest BCUT2D eigenvalue weighted by Gasteiger charge is 2.50. The Labute approximate surface area is 127 Å². The van der Waals surface area contributed by atoms with Crippen molar-refractivity contribution in [1.29, 1.82) is 0 Å². The van der Waals surface area contributed by atoms with Gasteiger partial charge in [0.15, 0.2) is 5.41 Å². The van der Waals surface area contributed by atoms with E-state index in [1.54, 1.807) is 13.8 Å². The van der Waals surface area contributed by atoms with E-state index in [4.69, 9.17) is 9.47 Å². The number of unbranched alkanes of at least 4 members (excludes halogenated alkanes) is 1. The van der Waals surface area contributed by atoms with E-state index in [2.05, 4.69) is 19.1 Å². The first kappa shape index (κ1) is 17.5. The lowest BCUT2D eigenvalue weighted by molar-refractivity contribution is -0.171. The number of rotatable bonds is 8. The highest BCUT2D eigenvalue weighted by atomic mass is 16.6. The topological polar surface area (TPSA) is 52.6 Å². The second-order valence-electron chi connectivity index (χ2n) is 5.23. The summed E-state index contributed by atoms with van der Waals surface area (Å²) in [5.74, 6) is -0.931. The Balaban J connectivity index is 2.75. The van der Waals surface area contributed by atoms with Crippen LogP contribution >= 0.6 is 0 Å². The lowest BCUT2D eigenvalue weighted by Crippen LogP contribution is -2.40. The number of hydrogen-bond donors (Lipinski definition) is 0. The van der Waals surface area contributed by atoms with E-state index < -0.39 is 17.4 Å². The van der Waals surface area contributed by atoms with Gasteiger partial charge in [-0.3, -0.25) is 9.59 Å². The number of carbonyl (C=O) groups is 2. The zero-order valence-electron chi connectivity index (χ0n) is 13.3. The van der Waals surface area contributed by atoms with Gasteiger partial charge in [-0.05, 0) is 39.5 Å². The fraction of sp³-hybridized carbons (Fsp3) is 0.647. The Morgan fingerprint density at radius 1 is 1.14 bits per heavy atom. The van der Waals surface area contributed by atoms with Crippen molar-refractivity contribution in [2.24, 2.45) is 5.41 Å². The molecule has 0 fully saturated rings. The summed E-state index contributed by atoms with van der Waals surface area (Å²) in [4.78, 5) is 24.5. The standard InChI is InChI=1S/C17H26O4/c1-4-7-8-9-10-14-11-12-17(13-14,15(18)20-5-2)16(19)21-6-3/h8-9,11H,4-7,10,12-13H2,1-3H3/b9-8+. The van der Waals surface area contributed by atoms with Gasteiger partial charge in [-0.25, -0.2) is 0 Å². The van der Waals surface area contributed by atoms with Crippen molar-refractivity contribution in [3.05, 3.63) is 23.8 Å². The summed E-state index contributed by atoms with van der Waals surface area (Å²) in [6.45, 7) is 6.16. The van der Waals surface area contributed by atoms with Crippen molar-refractivity contribution in [2.45, 2.75) is 52.9 Å². The average Bonchev–Trinajstić information content (AvgIpc) is 2.90. The van der Waals surface area contributed by atoms with Crippen LogP contribution in [0.25, 0.3) is 0 Å². The molecule has 4 nitrogen and oxygen atoms in total. The third kappa shape index (κ3) is 4.45. The van der Waals surface area contributed by atoms with Gasteiger partial charge in [-0.15, -0.1) is 0 Å². The Bertz CT molecular complexity index is 403. The Hall–Kier alpha value is -1.58. The first-order chi connectivity index (χ1) is 10.1. The predicted molar refractivity (Wildman–Crippen MR) is 81.7 cm³/mol. The van der Waals surface area contributed by atoms with Gasteiger partial charge < -0.3 is 9.47 Å². The predicted octanol–water partition coefficient (Wildman–Crippen LogP) is 3.57. The molecule has 1 aliphatic carbocycles. The van der Waals surface area contributed by atoms with Crippen molar-refractivity contribution in [3.63, 3.8) is 0 Å². The van der Waals surface area contributed by atoms with E-state index >= 15 is 0 Å². The zero-order chi connectivity index (χ0) is 15.7. The Morgan fingerprint density at radius 3 is 2.29 bits per heavy atom. The number of esters is 2. The molecule has 0 aromatic heterocycles. The number of carbonyl (C=O) groups excluding carboxylic acids is 2. The van der Waals surface area contributed by atoms with E-state index in [0.717, 1.165) is 24.8 Å². The fourth-order valence-electron chi connectivity index (χ4n) is 2.46. The maximum atomic E-state index is 12.2. The second kappa shape index (κ2) is 8.65. The summed E-state index contributed by atoms with van der Waals surface area (Å²) < 4.78 is 10.2. The molecule has 21 heavy (non-hydrogen) atoms. The summed E-state index contributed by atoms with van der Waals surface area (Å²) in [7, 11) is 0. The molecule has 0 bridgehead atoms. The van der Waals surface area contributed by atoms with E-state index in [0.29, 0.717) is 12.8 Å². The largest absolute Gasteiger partial charge is 0.465 e. The average molecular weight is 294 g/mol. The molecule has 0 aliphatic heterocycles. The quantitative estimate of drug-likeness (QED) is 0.390. The molecular formula is C17H26O4. The van der Waals surface area contributed by atoms with Crippen LogP contribution in [0.3, 0.4) is 0 Å². The zero-order valence-corrected chi connectivity index (χ0v) is 13.3. The minimum absolute atomic E-state index is 0.270. The van der Waals surface area contributed by atoms with Crippen molar-refractivity contribution in [2.75, 3.05) is 13.2 Å². The molecule has 0 heterocycles. The molecule has 1 rings (SSSR count). The maximum Gasteiger partial charge on any atom is 0.324 e. The molecule has 0 aromatic rings. The summed E-state index contributed by atoms with van der Waals surface area (Å²) in [6.07, 6.45) is 9.93. The van der Waals surface area contributed by atoms with Gasteiger partial charge in [0.1, 0.15) is 0 Å². The number of hydrogen-bond acceptors (Lipinski definition) is 4. The van der Waals surface area contributed by atoms with E-state index in [-0.39, 0.29) is 13.2 Å². The second-order valence-corrected chi connectivity index (χ2v) is 5.23. The third-order valence-corrected chi connectivity index (χ3v) is 3.60. The summed E-state index contributed by atoms with van der Waals surface area (Å²) in [6, 6.07) is 0. The van der Waals surface area contributed by atoms with Crippen LogP contribution in [-0.4, -0.2) is 25.2 Å². The Morgan fingerprint density at radius 2 is 1.76 bits per heavy atom.